The molecule has 8 heteroatoms. The number of fused-ring (bicyclic) bond motifs is 1. The normalized spacial score (nSPS) is 17.8. The maximum absolute atomic E-state index is 12.6. The van der Waals surface area contributed by atoms with Crippen LogP contribution in [0.2, 0.25) is 0 Å². The zero-order chi connectivity index (χ0) is 18.3. The van der Waals surface area contributed by atoms with Crippen LogP contribution in [-0.4, -0.2) is 27.8 Å². The molecule has 0 atom stereocenters. The molecule has 4 rings (SSSR count). The number of benzene rings is 1. The van der Waals surface area contributed by atoms with Crippen LogP contribution in [0.3, 0.4) is 0 Å². The molecule has 0 unspecified atom stereocenters. The molecule has 1 aromatic heterocycles. The Kier molecular flexibility index (Phi) is 4.22. The lowest BCUT2D eigenvalue weighted by molar-refractivity contribution is -0.275. The van der Waals surface area contributed by atoms with E-state index in [2.05, 4.69) is 14.7 Å². The average molecular weight is 365 g/mol. The molecule has 0 spiro atoms. The number of alkyl halides is 3. The van der Waals surface area contributed by atoms with Crippen LogP contribution in [-0.2, 0) is 19.5 Å². The van der Waals surface area contributed by atoms with Crippen molar-refractivity contribution >= 4 is 0 Å². The van der Waals surface area contributed by atoms with E-state index in [0.29, 0.717) is 36.6 Å². The number of nitrogens with one attached hydrogen (secondary N) is 1. The number of hydrogen-bond acceptors (Lipinski definition) is 4. The van der Waals surface area contributed by atoms with Gasteiger partial charge in [-0.1, -0.05) is 18.2 Å². The van der Waals surface area contributed by atoms with Crippen molar-refractivity contribution in [3.8, 4) is 5.75 Å². The summed E-state index contributed by atoms with van der Waals surface area (Å²) in [7, 11) is 0. The summed E-state index contributed by atoms with van der Waals surface area (Å²) < 4.78 is 41.8. The molecule has 1 aliphatic heterocycles. The van der Waals surface area contributed by atoms with E-state index >= 15 is 0 Å². The van der Waals surface area contributed by atoms with Gasteiger partial charge in [0.05, 0.1) is 11.3 Å². The van der Waals surface area contributed by atoms with Gasteiger partial charge in [-0.25, -0.2) is 4.98 Å². The Bertz CT molecular complexity index is 875. The molecule has 138 valence electrons. The van der Waals surface area contributed by atoms with E-state index in [9.17, 15) is 18.0 Å². The minimum absolute atomic E-state index is 0.138. The predicted molar refractivity (Wildman–Crippen MR) is 87.8 cm³/mol. The second-order valence-corrected chi connectivity index (χ2v) is 6.77. The summed E-state index contributed by atoms with van der Waals surface area (Å²) in [5, 5.41) is 0. The molecule has 0 saturated heterocycles. The van der Waals surface area contributed by atoms with Crippen molar-refractivity contribution < 1.29 is 17.9 Å². The molecule has 1 N–H and O–H groups in total. The van der Waals surface area contributed by atoms with Gasteiger partial charge in [0, 0.05) is 37.5 Å². The first kappa shape index (κ1) is 17.1. The van der Waals surface area contributed by atoms with Crippen molar-refractivity contribution in [3.63, 3.8) is 0 Å². The van der Waals surface area contributed by atoms with Crippen LogP contribution in [0.25, 0.3) is 0 Å². The van der Waals surface area contributed by atoms with E-state index in [1.807, 2.05) is 4.90 Å². The molecule has 26 heavy (non-hydrogen) atoms. The van der Waals surface area contributed by atoms with Crippen LogP contribution in [0.4, 0.5) is 13.2 Å². The first-order valence-corrected chi connectivity index (χ1v) is 8.57. The quantitative estimate of drug-likeness (QED) is 0.905. The van der Waals surface area contributed by atoms with E-state index < -0.39 is 6.36 Å². The van der Waals surface area contributed by atoms with Gasteiger partial charge in [0.15, 0.2) is 0 Å². The Labute approximate surface area is 147 Å². The van der Waals surface area contributed by atoms with Gasteiger partial charge in [-0.05, 0) is 18.9 Å². The van der Waals surface area contributed by atoms with Crippen molar-refractivity contribution in [1.29, 1.82) is 0 Å². The SMILES string of the molecule is O=c1[nH]c(C2CC2)nc2c1CN(Cc1ccccc1OC(F)(F)F)CC2. The van der Waals surface area contributed by atoms with Crippen molar-refractivity contribution in [3.05, 3.63) is 57.3 Å². The zero-order valence-corrected chi connectivity index (χ0v) is 14.0. The van der Waals surface area contributed by atoms with Gasteiger partial charge in [0.1, 0.15) is 11.6 Å². The molecule has 2 aromatic rings. The molecule has 0 bridgehead atoms. The fraction of sp³-hybridized carbons (Fsp3) is 0.444. The molecule has 1 aromatic carbocycles. The van der Waals surface area contributed by atoms with E-state index in [4.69, 9.17) is 0 Å². The van der Waals surface area contributed by atoms with Gasteiger partial charge in [0.2, 0.25) is 0 Å². The maximum Gasteiger partial charge on any atom is 0.573 e. The van der Waals surface area contributed by atoms with Gasteiger partial charge in [0.25, 0.3) is 5.56 Å². The highest BCUT2D eigenvalue weighted by Crippen LogP contribution is 2.38. The molecule has 1 aliphatic carbocycles. The molecule has 2 heterocycles. The Hall–Kier alpha value is -2.35. The van der Waals surface area contributed by atoms with E-state index in [-0.39, 0.29) is 17.9 Å². The molecule has 0 radical (unpaired) electrons. The lowest BCUT2D eigenvalue weighted by Gasteiger charge is -2.28. The molecular weight excluding hydrogens is 347 g/mol. The number of nitrogens with zero attached hydrogens (tertiary/aromatic N) is 2. The topological polar surface area (TPSA) is 58.2 Å². The fourth-order valence-electron chi connectivity index (χ4n) is 3.28. The van der Waals surface area contributed by atoms with Crippen LogP contribution in [0.15, 0.2) is 29.1 Å². The number of H-pyrrole nitrogens is 1. The van der Waals surface area contributed by atoms with Gasteiger partial charge >= 0.3 is 6.36 Å². The van der Waals surface area contributed by atoms with Crippen LogP contribution in [0.1, 0.15) is 41.4 Å². The van der Waals surface area contributed by atoms with Gasteiger partial charge in [-0.3, -0.25) is 9.69 Å². The maximum atomic E-state index is 12.6. The van der Waals surface area contributed by atoms with E-state index in [1.54, 1.807) is 12.1 Å². The van der Waals surface area contributed by atoms with Crippen molar-refractivity contribution in [2.45, 2.75) is 44.6 Å². The summed E-state index contributed by atoms with van der Waals surface area (Å²) in [6.07, 6.45) is -2.00. The van der Waals surface area contributed by atoms with Crippen molar-refractivity contribution in [2.75, 3.05) is 6.54 Å². The number of aromatic amines is 1. The zero-order valence-electron chi connectivity index (χ0n) is 14.0. The van der Waals surface area contributed by atoms with Gasteiger partial charge < -0.3 is 9.72 Å². The molecule has 0 amide bonds. The molecule has 1 fully saturated rings. The standard InChI is InChI=1S/C18H18F3N3O2/c19-18(20,21)26-15-4-2-1-3-12(15)9-24-8-7-14-13(10-24)17(25)23-16(22-14)11-5-6-11/h1-4,11H,5-10H2,(H,22,23,25). The summed E-state index contributed by atoms with van der Waals surface area (Å²) in [5.41, 5.74) is 1.72. The second kappa shape index (κ2) is 6.42. The van der Waals surface area contributed by atoms with Gasteiger partial charge in [-0.2, -0.15) is 0 Å². The number of hydrogen-bond donors (Lipinski definition) is 1. The summed E-state index contributed by atoms with van der Waals surface area (Å²) in [6.45, 7) is 1.27. The van der Waals surface area contributed by atoms with Gasteiger partial charge in [-0.15, -0.1) is 13.2 Å². The van der Waals surface area contributed by atoms with Crippen LogP contribution in [0.5, 0.6) is 5.75 Å². The number of rotatable bonds is 4. The number of para-hydroxylation sites is 1. The third-order valence-electron chi connectivity index (χ3n) is 4.72. The largest absolute Gasteiger partial charge is 0.573 e. The smallest absolute Gasteiger partial charge is 0.405 e. The fourth-order valence-corrected chi connectivity index (χ4v) is 3.28. The molecule has 2 aliphatic rings. The Morgan fingerprint density at radius 2 is 2.04 bits per heavy atom. The summed E-state index contributed by atoms with van der Waals surface area (Å²) >= 11 is 0. The summed E-state index contributed by atoms with van der Waals surface area (Å²) in [4.78, 5) is 21.8. The van der Waals surface area contributed by atoms with E-state index in [1.165, 1.54) is 12.1 Å². The second-order valence-electron chi connectivity index (χ2n) is 6.77. The lowest BCUT2D eigenvalue weighted by atomic mass is 10.1. The predicted octanol–water partition coefficient (Wildman–Crippen LogP) is 3.10. The van der Waals surface area contributed by atoms with Crippen LogP contribution in [0, 0.1) is 0 Å². The third kappa shape index (κ3) is 3.75. The highest BCUT2D eigenvalue weighted by molar-refractivity contribution is 5.34. The van der Waals surface area contributed by atoms with Crippen LogP contribution < -0.4 is 10.3 Å². The van der Waals surface area contributed by atoms with Crippen molar-refractivity contribution in [1.82, 2.24) is 14.9 Å². The van der Waals surface area contributed by atoms with E-state index in [0.717, 1.165) is 24.4 Å². The number of ether oxygens (including phenoxy) is 1. The monoisotopic (exact) mass is 365 g/mol. The minimum Gasteiger partial charge on any atom is -0.405 e. The number of halogens is 3. The Balaban J connectivity index is 1.53. The molecule has 5 nitrogen and oxygen atoms in total. The average Bonchev–Trinajstić information content (AvgIpc) is 3.41. The number of aromatic nitrogens is 2. The first-order valence-electron chi connectivity index (χ1n) is 8.57. The summed E-state index contributed by atoms with van der Waals surface area (Å²) in [5.74, 6) is 0.936. The Morgan fingerprint density at radius 3 is 2.77 bits per heavy atom. The Morgan fingerprint density at radius 1 is 1.27 bits per heavy atom. The summed E-state index contributed by atoms with van der Waals surface area (Å²) in [6, 6.07) is 6.09. The highest BCUT2D eigenvalue weighted by Gasteiger charge is 2.33. The van der Waals surface area contributed by atoms with Crippen molar-refractivity contribution in [2.24, 2.45) is 0 Å². The molecule has 1 saturated carbocycles. The lowest BCUT2D eigenvalue weighted by Crippen LogP contribution is -2.36. The third-order valence-corrected chi connectivity index (χ3v) is 4.72. The van der Waals surface area contributed by atoms with Crippen LogP contribution >= 0.6 is 0 Å². The highest BCUT2D eigenvalue weighted by atomic mass is 19.4. The minimum atomic E-state index is -4.73. The first-order chi connectivity index (χ1) is 12.4. The molecular formula is C18H18F3N3O2.